The average molecular weight is 501 g/mol. The maximum atomic E-state index is 13.6. The molecule has 1 heterocycles. The molecule has 1 amide bonds. The first-order valence-electron chi connectivity index (χ1n) is 11.2. The highest BCUT2D eigenvalue weighted by atomic mass is 32.2. The molecule has 0 aliphatic heterocycles. The summed E-state index contributed by atoms with van der Waals surface area (Å²) in [6.07, 6.45) is 0. The summed E-state index contributed by atoms with van der Waals surface area (Å²) in [5.74, 6) is 0.406. The van der Waals surface area contributed by atoms with E-state index in [4.69, 9.17) is 4.74 Å². The molecule has 0 atom stereocenters. The molecule has 0 N–H and O–H groups in total. The summed E-state index contributed by atoms with van der Waals surface area (Å²) in [7, 11) is -2.33. The SMILES string of the molecule is COc1ccc(S(=O)(=O)N(CC(=O)N(Cc2ccccc2)Cc2sccc2C)CC(C)C)cc1. The summed E-state index contributed by atoms with van der Waals surface area (Å²) in [5.41, 5.74) is 2.12. The molecular weight excluding hydrogens is 468 g/mol. The van der Waals surface area contributed by atoms with Crippen LogP contribution in [-0.4, -0.2) is 43.7 Å². The highest BCUT2D eigenvalue weighted by Gasteiger charge is 2.29. The number of amides is 1. The zero-order valence-electron chi connectivity index (χ0n) is 20.1. The van der Waals surface area contributed by atoms with Crippen molar-refractivity contribution in [2.75, 3.05) is 20.2 Å². The Balaban J connectivity index is 1.88. The monoisotopic (exact) mass is 500 g/mol. The molecule has 0 aliphatic carbocycles. The molecule has 3 rings (SSSR count). The van der Waals surface area contributed by atoms with E-state index in [1.807, 2.05) is 62.5 Å². The molecule has 34 heavy (non-hydrogen) atoms. The number of ether oxygens (including phenoxy) is 1. The molecule has 182 valence electrons. The van der Waals surface area contributed by atoms with Gasteiger partial charge in [-0.25, -0.2) is 8.42 Å². The van der Waals surface area contributed by atoms with E-state index >= 15 is 0 Å². The van der Waals surface area contributed by atoms with Gasteiger partial charge in [-0.1, -0.05) is 44.2 Å². The van der Waals surface area contributed by atoms with Gasteiger partial charge in [0.15, 0.2) is 0 Å². The summed E-state index contributed by atoms with van der Waals surface area (Å²) < 4.78 is 33.4. The first kappa shape index (κ1) is 25.9. The Morgan fingerprint density at radius 3 is 2.24 bits per heavy atom. The Morgan fingerprint density at radius 1 is 1.00 bits per heavy atom. The van der Waals surface area contributed by atoms with E-state index < -0.39 is 10.0 Å². The average Bonchev–Trinajstić information content (AvgIpc) is 3.22. The van der Waals surface area contributed by atoms with Gasteiger partial charge in [0.25, 0.3) is 0 Å². The van der Waals surface area contributed by atoms with E-state index in [2.05, 4.69) is 0 Å². The molecule has 0 unspecified atom stereocenters. The molecule has 1 aromatic heterocycles. The van der Waals surface area contributed by atoms with Crippen LogP contribution >= 0.6 is 11.3 Å². The van der Waals surface area contributed by atoms with Gasteiger partial charge in [-0.15, -0.1) is 11.3 Å². The number of sulfonamides is 1. The zero-order valence-corrected chi connectivity index (χ0v) is 21.7. The molecule has 0 fully saturated rings. The summed E-state index contributed by atoms with van der Waals surface area (Å²) in [6.45, 7) is 6.79. The van der Waals surface area contributed by atoms with Crippen molar-refractivity contribution in [1.29, 1.82) is 0 Å². The highest BCUT2D eigenvalue weighted by molar-refractivity contribution is 7.89. The number of benzene rings is 2. The fraction of sp³-hybridized carbons (Fsp3) is 0.346. The van der Waals surface area contributed by atoms with Gasteiger partial charge in [-0.3, -0.25) is 4.79 Å². The second kappa shape index (κ2) is 11.6. The number of nitrogens with zero attached hydrogens (tertiary/aromatic N) is 2. The van der Waals surface area contributed by atoms with Gasteiger partial charge in [0.05, 0.1) is 25.1 Å². The third kappa shape index (κ3) is 6.68. The van der Waals surface area contributed by atoms with Crippen molar-refractivity contribution >= 4 is 27.3 Å². The quantitative estimate of drug-likeness (QED) is 0.374. The lowest BCUT2D eigenvalue weighted by atomic mass is 10.2. The van der Waals surface area contributed by atoms with E-state index in [-0.39, 0.29) is 29.8 Å². The van der Waals surface area contributed by atoms with Crippen molar-refractivity contribution in [2.45, 2.75) is 38.8 Å². The van der Waals surface area contributed by atoms with Gasteiger partial charge >= 0.3 is 0 Å². The Kier molecular flexibility index (Phi) is 8.88. The van der Waals surface area contributed by atoms with Crippen LogP contribution in [0, 0.1) is 12.8 Å². The predicted octanol–water partition coefficient (Wildman–Crippen LogP) is 4.94. The van der Waals surface area contributed by atoms with Gasteiger partial charge in [0, 0.05) is 18.0 Å². The van der Waals surface area contributed by atoms with Crippen LogP contribution in [0.1, 0.15) is 29.9 Å². The molecule has 0 bridgehead atoms. The molecular formula is C26H32N2O4S2. The Labute approximate surface area is 206 Å². The Bertz CT molecular complexity index is 1170. The topological polar surface area (TPSA) is 66.9 Å². The normalized spacial score (nSPS) is 11.7. The standard InChI is InChI=1S/C26H32N2O4S2/c1-20(2)16-28(34(30,31)24-12-10-23(32-4)11-13-24)19-26(29)27(17-22-8-6-5-7-9-22)18-25-21(3)14-15-33-25/h5-15,20H,16-19H2,1-4H3. The largest absolute Gasteiger partial charge is 0.497 e. The van der Waals surface area contributed by atoms with Gasteiger partial charge in [-0.05, 0) is 59.7 Å². The van der Waals surface area contributed by atoms with Crippen LogP contribution in [0.3, 0.4) is 0 Å². The maximum absolute atomic E-state index is 13.6. The van der Waals surface area contributed by atoms with E-state index in [0.29, 0.717) is 18.8 Å². The molecule has 0 saturated heterocycles. The third-order valence-corrected chi connectivity index (χ3v) is 8.28. The Morgan fingerprint density at radius 2 is 1.68 bits per heavy atom. The molecule has 8 heteroatoms. The highest BCUT2D eigenvalue weighted by Crippen LogP contribution is 2.23. The van der Waals surface area contributed by atoms with Gasteiger partial charge in [0.2, 0.25) is 15.9 Å². The molecule has 0 radical (unpaired) electrons. The maximum Gasteiger partial charge on any atom is 0.243 e. The molecule has 0 spiro atoms. The molecule has 0 aliphatic rings. The second-order valence-corrected chi connectivity index (χ2v) is 11.6. The summed E-state index contributed by atoms with van der Waals surface area (Å²) in [5, 5.41) is 2.01. The second-order valence-electron chi connectivity index (χ2n) is 8.63. The minimum atomic E-state index is -3.86. The first-order valence-corrected chi connectivity index (χ1v) is 13.5. The zero-order chi connectivity index (χ0) is 24.7. The van der Waals surface area contributed by atoms with Crippen molar-refractivity contribution in [1.82, 2.24) is 9.21 Å². The fourth-order valence-electron chi connectivity index (χ4n) is 3.58. The van der Waals surface area contributed by atoms with Crippen molar-refractivity contribution in [3.05, 3.63) is 82.0 Å². The van der Waals surface area contributed by atoms with Gasteiger partial charge in [0.1, 0.15) is 5.75 Å². The minimum absolute atomic E-state index is 0.0583. The van der Waals surface area contributed by atoms with E-state index in [1.165, 1.54) is 23.5 Å². The van der Waals surface area contributed by atoms with E-state index in [0.717, 1.165) is 16.0 Å². The number of carbonyl (C=O) groups excluding carboxylic acids is 1. The Hall–Kier alpha value is -2.68. The number of thiophene rings is 1. The smallest absolute Gasteiger partial charge is 0.243 e. The van der Waals surface area contributed by atoms with Crippen molar-refractivity contribution < 1.29 is 17.9 Å². The lowest BCUT2D eigenvalue weighted by Gasteiger charge is -2.28. The van der Waals surface area contributed by atoms with Gasteiger partial charge in [-0.2, -0.15) is 4.31 Å². The lowest BCUT2D eigenvalue weighted by Crippen LogP contribution is -2.43. The van der Waals surface area contributed by atoms with Crippen LogP contribution in [0.5, 0.6) is 5.75 Å². The van der Waals surface area contributed by atoms with E-state index in [1.54, 1.807) is 28.4 Å². The van der Waals surface area contributed by atoms with Crippen LogP contribution in [0.4, 0.5) is 0 Å². The summed E-state index contributed by atoms with van der Waals surface area (Å²) in [4.78, 5) is 16.5. The van der Waals surface area contributed by atoms with Crippen molar-refractivity contribution in [2.24, 2.45) is 5.92 Å². The first-order chi connectivity index (χ1) is 16.2. The van der Waals surface area contributed by atoms with Crippen LogP contribution < -0.4 is 4.74 Å². The van der Waals surface area contributed by atoms with Crippen molar-refractivity contribution in [3.63, 3.8) is 0 Å². The number of hydrogen-bond acceptors (Lipinski definition) is 5. The summed E-state index contributed by atoms with van der Waals surface area (Å²) in [6, 6.07) is 18.1. The molecule has 2 aromatic carbocycles. The van der Waals surface area contributed by atoms with Crippen LogP contribution in [0.2, 0.25) is 0 Å². The number of methoxy groups -OCH3 is 1. The van der Waals surface area contributed by atoms with Crippen molar-refractivity contribution in [3.8, 4) is 5.75 Å². The van der Waals surface area contributed by atoms with E-state index in [9.17, 15) is 13.2 Å². The number of carbonyl (C=O) groups is 1. The van der Waals surface area contributed by atoms with Crippen LogP contribution in [-0.2, 0) is 27.9 Å². The van der Waals surface area contributed by atoms with Gasteiger partial charge < -0.3 is 9.64 Å². The predicted molar refractivity (Wildman–Crippen MR) is 136 cm³/mol. The molecule has 0 saturated carbocycles. The lowest BCUT2D eigenvalue weighted by molar-refractivity contribution is -0.132. The van der Waals surface area contributed by atoms with Crippen LogP contribution in [0.25, 0.3) is 0 Å². The number of hydrogen-bond donors (Lipinski definition) is 0. The fourth-order valence-corrected chi connectivity index (χ4v) is 6.05. The molecule has 3 aromatic rings. The summed E-state index contributed by atoms with van der Waals surface area (Å²) >= 11 is 1.60. The third-order valence-electron chi connectivity index (χ3n) is 5.45. The number of rotatable bonds is 11. The molecule has 6 nitrogen and oxygen atoms in total. The minimum Gasteiger partial charge on any atom is -0.497 e. The van der Waals surface area contributed by atoms with Crippen LogP contribution in [0.15, 0.2) is 70.9 Å². The number of aryl methyl sites for hydroxylation is 1.